The lowest BCUT2D eigenvalue weighted by Crippen LogP contribution is -2.43. The molecule has 1 N–H and O–H groups in total. The van der Waals surface area contributed by atoms with E-state index in [9.17, 15) is 4.79 Å². The molecule has 160 valence electrons. The van der Waals surface area contributed by atoms with Crippen molar-refractivity contribution in [2.45, 2.75) is 19.4 Å². The molecule has 3 aromatic rings. The molecule has 0 saturated carbocycles. The molecule has 2 aromatic carbocycles. The molecule has 1 fully saturated rings. The number of aromatic nitrogens is 1. The van der Waals surface area contributed by atoms with Crippen LogP contribution in [0.3, 0.4) is 0 Å². The summed E-state index contributed by atoms with van der Waals surface area (Å²) in [5.74, 6) is 0.988. The van der Waals surface area contributed by atoms with E-state index in [1.807, 2.05) is 24.3 Å². The van der Waals surface area contributed by atoms with Gasteiger partial charge in [0.2, 0.25) is 5.91 Å². The van der Waals surface area contributed by atoms with Gasteiger partial charge in [-0.15, -0.1) is 0 Å². The number of pyridine rings is 1. The van der Waals surface area contributed by atoms with Crippen LogP contribution in [0.4, 0.5) is 0 Å². The van der Waals surface area contributed by atoms with Gasteiger partial charge in [-0.25, -0.2) is 0 Å². The summed E-state index contributed by atoms with van der Waals surface area (Å²) < 4.78 is 5.35. The number of ether oxygens (including phenoxy) is 1. The number of likely N-dealkylation sites (tertiary alicyclic amines) is 1. The van der Waals surface area contributed by atoms with Crippen LogP contribution >= 0.6 is 0 Å². The van der Waals surface area contributed by atoms with Crippen molar-refractivity contribution in [2.75, 3.05) is 27.2 Å². The molecule has 0 bridgehead atoms. The molecule has 31 heavy (non-hydrogen) atoms. The molecular weight excluding hydrogens is 386 g/mol. The number of carbonyl (C=O) groups is 1. The van der Waals surface area contributed by atoms with Crippen molar-refractivity contribution in [3.63, 3.8) is 0 Å². The topological polar surface area (TPSA) is 54.5 Å². The first-order chi connectivity index (χ1) is 15.1. The van der Waals surface area contributed by atoms with Crippen LogP contribution in [-0.2, 0) is 17.8 Å². The quantitative estimate of drug-likeness (QED) is 0.635. The van der Waals surface area contributed by atoms with Gasteiger partial charge in [0.15, 0.2) is 0 Å². The Balaban J connectivity index is 1.49. The number of hydrogen-bond donors (Lipinski definition) is 1. The van der Waals surface area contributed by atoms with E-state index in [0.717, 1.165) is 49.4 Å². The van der Waals surface area contributed by atoms with Crippen molar-refractivity contribution in [2.24, 2.45) is 5.41 Å². The molecule has 5 heteroatoms. The minimum Gasteiger partial charge on any atom is -0.497 e. The minimum absolute atomic E-state index is 0.124. The molecule has 1 unspecified atom stereocenters. The number of rotatable bonds is 7. The number of methoxy groups -OCH3 is 1. The molecule has 1 aliphatic rings. The van der Waals surface area contributed by atoms with Gasteiger partial charge in [0.25, 0.3) is 0 Å². The molecule has 4 rings (SSSR count). The van der Waals surface area contributed by atoms with E-state index in [1.54, 1.807) is 26.6 Å². The van der Waals surface area contributed by atoms with Gasteiger partial charge < -0.3 is 10.1 Å². The van der Waals surface area contributed by atoms with E-state index < -0.39 is 5.41 Å². The Bertz CT molecular complexity index is 1020. The van der Waals surface area contributed by atoms with Gasteiger partial charge in [-0.3, -0.25) is 14.7 Å². The van der Waals surface area contributed by atoms with E-state index in [2.05, 4.69) is 51.6 Å². The minimum atomic E-state index is -0.411. The zero-order valence-corrected chi connectivity index (χ0v) is 18.2. The highest BCUT2D eigenvalue weighted by molar-refractivity contribution is 5.83. The SMILES string of the molecule is CNC(=O)C1(Cc2ccc(-c3ccncc3)cc2)CCN(Cc2cccc(OC)c2)C1. The van der Waals surface area contributed by atoms with Gasteiger partial charge >= 0.3 is 0 Å². The number of carbonyl (C=O) groups excluding carboxylic acids is 1. The highest BCUT2D eigenvalue weighted by Crippen LogP contribution is 2.36. The summed E-state index contributed by atoms with van der Waals surface area (Å²) in [6, 6.07) is 20.7. The summed E-state index contributed by atoms with van der Waals surface area (Å²) in [5, 5.41) is 2.92. The van der Waals surface area contributed by atoms with Gasteiger partial charge in [-0.1, -0.05) is 36.4 Å². The molecule has 2 heterocycles. The monoisotopic (exact) mass is 415 g/mol. The Kier molecular flexibility index (Phi) is 6.33. The van der Waals surface area contributed by atoms with Crippen molar-refractivity contribution < 1.29 is 9.53 Å². The second-order valence-electron chi connectivity index (χ2n) is 8.28. The largest absolute Gasteiger partial charge is 0.497 e. The zero-order chi connectivity index (χ0) is 21.7. The number of nitrogens with zero attached hydrogens (tertiary/aromatic N) is 2. The van der Waals surface area contributed by atoms with Gasteiger partial charge in [-0.05, 0) is 65.9 Å². The van der Waals surface area contributed by atoms with Crippen LogP contribution in [0.2, 0.25) is 0 Å². The van der Waals surface area contributed by atoms with E-state index in [0.29, 0.717) is 0 Å². The maximum absolute atomic E-state index is 13.0. The molecular formula is C26H29N3O2. The zero-order valence-electron chi connectivity index (χ0n) is 18.2. The molecule has 1 aromatic heterocycles. The molecule has 1 saturated heterocycles. The van der Waals surface area contributed by atoms with E-state index in [4.69, 9.17) is 4.74 Å². The van der Waals surface area contributed by atoms with Crippen LogP contribution in [0.15, 0.2) is 73.1 Å². The fraction of sp³-hybridized carbons (Fsp3) is 0.308. The summed E-state index contributed by atoms with van der Waals surface area (Å²) in [7, 11) is 3.42. The fourth-order valence-electron chi connectivity index (χ4n) is 4.55. The van der Waals surface area contributed by atoms with Crippen LogP contribution in [0, 0.1) is 5.41 Å². The number of nitrogens with one attached hydrogen (secondary N) is 1. The van der Waals surface area contributed by atoms with Crippen LogP contribution in [0.1, 0.15) is 17.5 Å². The third-order valence-electron chi connectivity index (χ3n) is 6.19. The first-order valence-corrected chi connectivity index (χ1v) is 10.7. The highest BCUT2D eigenvalue weighted by atomic mass is 16.5. The molecule has 0 radical (unpaired) electrons. The van der Waals surface area contributed by atoms with Crippen molar-refractivity contribution in [1.82, 2.24) is 15.2 Å². The average Bonchev–Trinajstić information content (AvgIpc) is 3.23. The van der Waals surface area contributed by atoms with Crippen molar-refractivity contribution in [3.8, 4) is 16.9 Å². The molecule has 1 amide bonds. The van der Waals surface area contributed by atoms with Crippen LogP contribution in [0.25, 0.3) is 11.1 Å². The summed E-state index contributed by atoms with van der Waals surface area (Å²) in [5.41, 5.74) is 4.28. The summed E-state index contributed by atoms with van der Waals surface area (Å²) in [6.07, 6.45) is 5.19. The van der Waals surface area contributed by atoms with Crippen LogP contribution in [-0.4, -0.2) is 43.0 Å². The smallest absolute Gasteiger partial charge is 0.227 e. The molecule has 5 nitrogen and oxygen atoms in total. The summed E-state index contributed by atoms with van der Waals surface area (Å²) in [6.45, 7) is 2.46. The van der Waals surface area contributed by atoms with Gasteiger partial charge in [0.05, 0.1) is 12.5 Å². The number of benzene rings is 2. The summed E-state index contributed by atoms with van der Waals surface area (Å²) in [4.78, 5) is 19.4. The van der Waals surface area contributed by atoms with Gasteiger partial charge in [0.1, 0.15) is 5.75 Å². The molecule has 1 atom stereocenters. The first-order valence-electron chi connectivity index (χ1n) is 10.7. The Labute approximate surface area is 184 Å². The molecule has 0 aliphatic carbocycles. The second-order valence-corrected chi connectivity index (χ2v) is 8.28. The predicted octanol–water partition coefficient (Wildman–Crippen LogP) is 3.94. The van der Waals surface area contributed by atoms with Gasteiger partial charge in [-0.2, -0.15) is 0 Å². The number of hydrogen-bond acceptors (Lipinski definition) is 4. The number of amides is 1. The lowest BCUT2D eigenvalue weighted by Gasteiger charge is -2.28. The third-order valence-corrected chi connectivity index (χ3v) is 6.19. The second kappa shape index (κ2) is 9.31. The van der Waals surface area contributed by atoms with E-state index >= 15 is 0 Å². The standard InChI is InChI=1S/C26H29N3O2/c1-27-25(30)26(12-15-29(19-26)18-21-4-3-5-24(16-21)31-2)17-20-6-8-22(9-7-20)23-10-13-28-14-11-23/h3-11,13-14,16H,12,15,17-19H2,1-2H3,(H,27,30). The fourth-order valence-corrected chi connectivity index (χ4v) is 4.55. The average molecular weight is 416 g/mol. The van der Waals surface area contributed by atoms with E-state index in [-0.39, 0.29) is 5.91 Å². The first kappa shape index (κ1) is 21.1. The summed E-state index contributed by atoms with van der Waals surface area (Å²) >= 11 is 0. The Morgan fingerprint density at radius 3 is 2.52 bits per heavy atom. The Morgan fingerprint density at radius 1 is 1.06 bits per heavy atom. The molecule has 1 aliphatic heterocycles. The van der Waals surface area contributed by atoms with E-state index in [1.165, 1.54) is 11.1 Å². The van der Waals surface area contributed by atoms with Crippen molar-refractivity contribution >= 4 is 5.91 Å². The predicted molar refractivity (Wildman–Crippen MR) is 123 cm³/mol. The lowest BCUT2D eigenvalue weighted by atomic mass is 9.79. The maximum atomic E-state index is 13.0. The highest BCUT2D eigenvalue weighted by Gasteiger charge is 2.44. The van der Waals surface area contributed by atoms with Crippen molar-refractivity contribution in [1.29, 1.82) is 0 Å². The molecule has 0 spiro atoms. The van der Waals surface area contributed by atoms with Gasteiger partial charge in [0, 0.05) is 32.5 Å². The third kappa shape index (κ3) is 4.78. The van der Waals surface area contributed by atoms with Crippen LogP contribution in [0.5, 0.6) is 5.75 Å². The maximum Gasteiger partial charge on any atom is 0.227 e. The lowest BCUT2D eigenvalue weighted by molar-refractivity contribution is -0.130. The van der Waals surface area contributed by atoms with Crippen molar-refractivity contribution in [3.05, 3.63) is 84.2 Å². The normalized spacial score (nSPS) is 18.6. The Morgan fingerprint density at radius 2 is 1.81 bits per heavy atom. The van der Waals surface area contributed by atoms with Crippen LogP contribution < -0.4 is 10.1 Å². The Hall–Kier alpha value is -3.18.